The van der Waals surface area contributed by atoms with Gasteiger partial charge in [0.2, 0.25) is 0 Å². The zero-order valence-corrected chi connectivity index (χ0v) is 16.2. The average Bonchev–Trinajstić information content (AvgIpc) is 3.07. The Labute approximate surface area is 158 Å². The Hall–Kier alpha value is -1.68. The predicted molar refractivity (Wildman–Crippen MR) is 104 cm³/mol. The molecule has 0 spiro atoms. The molecule has 2 aromatic rings. The van der Waals surface area contributed by atoms with Gasteiger partial charge in [0.05, 0.1) is 25.2 Å². The van der Waals surface area contributed by atoms with Crippen LogP contribution in [-0.2, 0) is 11.3 Å². The fourth-order valence-electron chi connectivity index (χ4n) is 2.04. The highest BCUT2D eigenvalue weighted by molar-refractivity contribution is 14.0. The lowest BCUT2D eigenvalue weighted by molar-refractivity contribution is 0.203. The summed E-state index contributed by atoms with van der Waals surface area (Å²) in [6.07, 6.45) is 4.89. The Bertz CT molecular complexity index is 633. The minimum atomic E-state index is -0.298. The van der Waals surface area contributed by atoms with E-state index in [1.165, 1.54) is 6.07 Å². The Kier molecular flexibility index (Phi) is 9.31. The van der Waals surface area contributed by atoms with Gasteiger partial charge in [0.15, 0.2) is 5.96 Å². The molecule has 0 unspecified atom stereocenters. The number of hydrogen-bond acceptors (Lipinski definition) is 3. The predicted octanol–water partition coefficient (Wildman–Crippen LogP) is 2.33. The van der Waals surface area contributed by atoms with Gasteiger partial charge in [-0.15, -0.1) is 24.0 Å². The molecule has 132 valence electrons. The molecule has 0 saturated heterocycles. The number of benzene rings is 1. The third-order valence-electron chi connectivity index (χ3n) is 3.16. The van der Waals surface area contributed by atoms with Crippen molar-refractivity contribution < 1.29 is 9.13 Å². The first-order valence-corrected chi connectivity index (χ1v) is 7.52. The Morgan fingerprint density at radius 1 is 1.38 bits per heavy atom. The lowest BCUT2D eigenvalue weighted by atomic mass is 10.2. The number of hydrogen-bond donors (Lipinski definition) is 2. The van der Waals surface area contributed by atoms with E-state index in [-0.39, 0.29) is 29.8 Å². The van der Waals surface area contributed by atoms with Crippen molar-refractivity contribution in [2.45, 2.75) is 13.5 Å². The van der Waals surface area contributed by atoms with Crippen LogP contribution in [0.5, 0.6) is 0 Å². The van der Waals surface area contributed by atoms with Crippen LogP contribution in [-0.4, -0.2) is 42.3 Å². The highest BCUT2D eigenvalue weighted by atomic mass is 127. The van der Waals surface area contributed by atoms with Crippen LogP contribution in [0.1, 0.15) is 12.5 Å². The van der Waals surface area contributed by atoms with E-state index in [1.54, 1.807) is 36.5 Å². The summed E-state index contributed by atoms with van der Waals surface area (Å²) in [4.78, 5) is 8.37. The van der Waals surface area contributed by atoms with Crippen LogP contribution in [0, 0.1) is 5.82 Å². The largest absolute Gasteiger partial charge is 0.383 e. The van der Waals surface area contributed by atoms with Crippen LogP contribution in [0.3, 0.4) is 0 Å². The molecule has 2 N–H and O–H groups in total. The number of aliphatic imine (C=N–C) groups is 1. The molecule has 0 atom stereocenters. The molecule has 2 rings (SSSR count). The van der Waals surface area contributed by atoms with Crippen molar-refractivity contribution in [2.75, 3.05) is 26.8 Å². The van der Waals surface area contributed by atoms with Crippen LogP contribution < -0.4 is 10.6 Å². The number of aromatic nitrogens is 2. The van der Waals surface area contributed by atoms with Crippen molar-refractivity contribution in [2.24, 2.45) is 4.99 Å². The van der Waals surface area contributed by atoms with E-state index in [0.717, 1.165) is 12.1 Å². The minimum absolute atomic E-state index is 0. The van der Waals surface area contributed by atoms with E-state index in [1.807, 2.05) is 13.0 Å². The van der Waals surface area contributed by atoms with Crippen LogP contribution in [0.4, 0.5) is 4.39 Å². The van der Waals surface area contributed by atoms with Gasteiger partial charge in [-0.25, -0.2) is 14.4 Å². The molecule has 8 heteroatoms. The summed E-state index contributed by atoms with van der Waals surface area (Å²) in [6.45, 7) is 4.40. The van der Waals surface area contributed by atoms with Crippen molar-refractivity contribution in [1.82, 2.24) is 20.2 Å². The molecular formula is C16H23FIN5O. The van der Waals surface area contributed by atoms with E-state index in [2.05, 4.69) is 20.6 Å². The third kappa shape index (κ3) is 6.08. The normalized spacial score (nSPS) is 11.0. The minimum Gasteiger partial charge on any atom is -0.383 e. The number of ether oxygens (including phenoxy) is 1. The highest BCUT2D eigenvalue weighted by Crippen LogP contribution is 2.15. The number of nitrogens with one attached hydrogen (secondary N) is 2. The molecule has 0 aliphatic carbocycles. The van der Waals surface area contributed by atoms with Gasteiger partial charge in [0.1, 0.15) is 5.82 Å². The van der Waals surface area contributed by atoms with E-state index in [4.69, 9.17) is 4.74 Å². The first-order valence-electron chi connectivity index (χ1n) is 7.52. The summed E-state index contributed by atoms with van der Waals surface area (Å²) >= 11 is 0. The monoisotopic (exact) mass is 447 g/mol. The molecule has 0 aliphatic heterocycles. The molecule has 0 amide bonds. The van der Waals surface area contributed by atoms with Gasteiger partial charge in [0.25, 0.3) is 0 Å². The standard InChI is InChI=1S/C16H22FN5O.HI/c1-3-19-16(20-7-9-23-2)21-11-13-4-5-15(14(17)10-13)22-8-6-18-12-22;/h4-6,8,10,12H,3,7,9,11H2,1-2H3,(H2,19,20,21);1H. The highest BCUT2D eigenvalue weighted by Gasteiger charge is 2.05. The lowest BCUT2D eigenvalue weighted by Gasteiger charge is -2.11. The van der Waals surface area contributed by atoms with Crippen molar-refractivity contribution in [3.05, 3.63) is 48.3 Å². The zero-order valence-electron chi connectivity index (χ0n) is 13.8. The maximum Gasteiger partial charge on any atom is 0.191 e. The van der Waals surface area contributed by atoms with E-state index >= 15 is 0 Å². The summed E-state index contributed by atoms with van der Waals surface area (Å²) in [5.41, 5.74) is 1.27. The van der Waals surface area contributed by atoms with Crippen molar-refractivity contribution in [1.29, 1.82) is 0 Å². The molecule has 0 saturated carbocycles. The molecule has 1 aromatic heterocycles. The van der Waals surface area contributed by atoms with E-state index < -0.39 is 0 Å². The number of halogens is 2. The number of methoxy groups -OCH3 is 1. The maximum atomic E-state index is 14.2. The van der Waals surface area contributed by atoms with Crippen molar-refractivity contribution in [3.8, 4) is 5.69 Å². The van der Waals surface area contributed by atoms with E-state index in [0.29, 0.717) is 31.3 Å². The second-order valence-electron chi connectivity index (χ2n) is 4.87. The molecule has 1 heterocycles. The van der Waals surface area contributed by atoms with Crippen molar-refractivity contribution >= 4 is 29.9 Å². The molecule has 24 heavy (non-hydrogen) atoms. The quantitative estimate of drug-likeness (QED) is 0.296. The van der Waals surface area contributed by atoms with Crippen molar-refractivity contribution in [3.63, 3.8) is 0 Å². The first kappa shape index (κ1) is 20.4. The number of rotatable bonds is 7. The topological polar surface area (TPSA) is 63.5 Å². The van der Waals surface area contributed by atoms with Gasteiger partial charge in [-0.05, 0) is 24.6 Å². The number of imidazole rings is 1. The van der Waals surface area contributed by atoms with Gasteiger partial charge in [-0.2, -0.15) is 0 Å². The second kappa shape index (κ2) is 11.0. The Morgan fingerprint density at radius 3 is 2.83 bits per heavy atom. The van der Waals surface area contributed by atoms with Gasteiger partial charge in [0, 0.05) is 32.6 Å². The second-order valence-corrected chi connectivity index (χ2v) is 4.87. The van der Waals surface area contributed by atoms with E-state index in [9.17, 15) is 4.39 Å². The SMILES string of the molecule is CCNC(=NCc1ccc(-n2ccnc2)c(F)c1)NCCOC.I. The molecule has 1 aromatic carbocycles. The van der Waals surface area contributed by atoms with Crippen LogP contribution >= 0.6 is 24.0 Å². The fraction of sp³-hybridized carbons (Fsp3) is 0.375. The number of nitrogens with zero attached hydrogens (tertiary/aromatic N) is 3. The van der Waals surface area contributed by atoms with Gasteiger partial charge >= 0.3 is 0 Å². The van der Waals surface area contributed by atoms with Gasteiger partial charge in [-0.3, -0.25) is 0 Å². The molecule has 6 nitrogen and oxygen atoms in total. The Morgan fingerprint density at radius 2 is 2.21 bits per heavy atom. The molecule has 0 fully saturated rings. The Balaban J connectivity index is 0.00000288. The summed E-state index contributed by atoms with van der Waals surface area (Å²) in [5.74, 6) is 0.386. The van der Waals surface area contributed by atoms with Crippen LogP contribution in [0.15, 0.2) is 41.9 Å². The molecule has 0 bridgehead atoms. The smallest absolute Gasteiger partial charge is 0.191 e. The molecule has 0 radical (unpaired) electrons. The molecular weight excluding hydrogens is 424 g/mol. The number of guanidine groups is 1. The average molecular weight is 447 g/mol. The first-order chi connectivity index (χ1) is 11.2. The van der Waals surface area contributed by atoms with Crippen LogP contribution in [0.25, 0.3) is 5.69 Å². The summed E-state index contributed by atoms with van der Waals surface area (Å²) in [7, 11) is 1.65. The van der Waals surface area contributed by atoms with Gasteiger partial charge < -0.3 is 19.9 Å². The fourth-order valence-corrected chi connectivity index (χ4v) is 2.04. The zero-order chi connectivity index (χ0) is 16.5. The third-order valence-corrected chi connectivity index (χ3v) is 3.16. The summed E-state index contributed by atoms with van der Waals surface area (Å²) in [6, 6.07) is 5.09. The molecule has 0 aliphatic rings. The van der Waals surface area contributed by atoms with Gasteiger partial charge in [-0.1, -0.05) is 6.07 Å². The summed E-state index contributed by atoms with van der Waals surface area (Å²) < 4.78 is 20.8. The summed E-state index contributed by atoms with van der Waals surface area (Å²) in [5, 5.41) is 6.29. The lowest BCUT2D eigenvalue weighted by Crippen LogP contribution is -2.38. The van der Waals surface area contributed by atoms with Crippen LogP contribution in [0.2, 0.25) is 0 Å². The maximum absolute atomic E-state index is 14.2.